The number of benzene rings is 1. The fourth-order valence-corrected chi connectivity index (χ4v) is 3.74. The van der Waals surface area contributed by atoms with Crippen LogP contribution in [0.4, 0.5) is 0 Å². The number of likely N-dealkylation sites (tertiary alicyclic amines) is 2. The number of hydrogen-bond donors (Lipinski definition) is 6. The van der Waals surface area contributed by atoms with Crippen LogP contribution in [0.2, 0.25) is 0 Å². The topological polar surface area (TPSA) is 253 Å². The minimum atomic E-state index is -1.13. The summed E-state index contributed by atoms with van der Waals surface area (Å²) in [5, 5.41) is 17.0. The molecule has 4 amide bonds. The van der Waals surface area contributed by atoms with Crippen LogP contribution in [-0.4, -0.2) is 93.8 Å². The SMILES string of the molecule is NCC(=O)N1CCCC1C(N)=O.NCC(=O)N1CCCC1C(N)=O.O=C(O)c1cccc(C(=O)O)c1. The molecule has 0 aromatic heterocycles. The minimum Gasteiger partial charge on any atom is -0.478 e. The van der Waals surface area contributed by atoms with Crippen molar-refractivity contribution in [3.05, 3.63) is 35.4 Å². The summed E-state index contributed by atoms with van der Waals surface area (Å²) >= 11 is 0. The number of nitrogens with two attached hydrogens (primary N) is 4. The lowest BCUT2D eigenvalue weighted by Gasteiger charge is -2.20. The van der Waals surface area contributed by atoms with Gasteiger partial charge in [0.25, 0.3) is 0 Å². The number of carbonyl (C=O) groups excluding carboxylic acids is 4. The first kappa shape index (κ1) is 30.0. The predicted octanol–water partition coefficient (Wildman–Crippen LogP) is -2.07. The van der Waals surface area contributed by atoms with Crippen molar-refractivity contribution in [1.29, 1.82) is 0 Å². The maximum atomic E-state index is 11.1. The van der Waals surface area contributed by atoms with E-state index in [1.165, 1.54) is 28.0 Å². The molecule has 2 saturated heterocycles. The molecule has 2 aliphatic rings. The van der Waals surface area contributed by atoms with Gasteiger partial charge in [0.15, 0.2) is 0 Å². The van der Waals surface area contributed by atoms with E-state index in [-0.39, 0.29) is 36.0 Å². The Balaban J connectivity index is 0.000000270. The van der Waals surface area contributed by atoms with Gasteiger partial charge >= 0.3 is 11.9 Å². The van der Waals surface area contributed by atoms with Crippen molar-refractivity contribution in [2.24, 2.45) is 22.9 Å². The molecule has 0 saturated carbocycles. The zero-order chi connectivity index (χ0) is 27.4. The van der Waals surface area contributed by atoms with E-state index >= 15 is 0 Å². The standard InChI is InChI=1S/C8H6O4.2C7H13N3O2/c9-7(10)5-2-1-3-6(4-5)8(11)12;2*8-4-6(11)10-3-1-2-5(10)7(9)12/h1-4H,(H,9,10)(H,11,12);2*5H,1-4,8H2,(H2,9,12). The van der Waals surface area contributed by atoms with Crippen LogP contribution in [-0.2, 0) is 19.2 Å². The summed E-state index contributed by atoms with van der Waals surface area (Å²) in [5.74, 6) is -3.52. The summed E-state index contributed by atoms with van der Waals surface area (Å²) in [5.41, 5.74) is 20.5. The molecule has 3 rings (SSSR count). The monoisotopic (exact) mass is 508 g/mol. The molecule has 2 aliphatic heterocycles. The van der Waals surface area contributed by atoms with Crippen LogP contribution in [0.1, 0.15) is 46.4 Å². The third kappa shape index (κ3) is 8.63. The second-order valence-electron chi connectivity index (χ2n) is 7.89. The lowest BCUT2D eigenvalue weighted by molar-refractivity contribution is -0.136. The Morgan fingerprint density at radius 1 is 0.750 bits per heavy atom. The molecule has 2 unspecified atom stereocenters. The van der Waals surface area contributed by atoms with E-state index < -0.39 is 35.8 Å². The third-order valence-corrected chi connectivity index (χ3v) is 5.51. The van der Waals surface area contributed by atoms with E-state index in [1.54, 1.807) is 0 Å². The van der Waals surface area contributed by atoms with Crippen LogP contribution >= 0.6 is 0 Å². The third-order valence-electron chi connectivity index (χ3n) is 5.51. The van der Waals surface area contributed by atoms with Gasteiger partial charge in [-0.3, -0.25) is 19.2 Å². The van der Waals surface area contributed by atoms with Crippen molar-refractivity contribution in [2.45, 2.75) is 37.8 Å². The van der Waals surface area contributed by atoms with Gasteiger partial charge in [0.05, 0.1) is 24.2 Å². The number of carboxylic acid groups (broad SMARTS) is 2. The normalized spacial score (nSPS) is 18.3. The molecule has 14 nitrogen and oxygen atoms in total. The summed E-state index contributed by atoms with van der Waals surface area (Å²) in [4.78, 5) is 67.6. The fraction of sp³-hybridized carbons (Fsp3) is 0.455. The second kappa shape index (κ2) is 14.4. The molecule has 0 aliphatic carbocycles. The van der Waals surface area contributed by atoms with E-state index in [2.05, 4.69) is 0 Å². The first-order chi connectivity index (χ1) is 16.9. The summed E-state index contributed by atoms with van der Waals surface area (Å²) in [6.07, 6.45) is 3.00. The second-order valence-corrected chi connectivity index (χ2v) is 7.89. The van der Waals surface area contributed by atoms with Gasteiger partial charge in [0.2, 0.25) is 23.6 Å². The molecule has 1 aromatic carbocycles. The predicted molar refractivity (Wildman–Crippen MR) is 126 cm³/mol. The van der Waals surface area contributed by atoms with E-state index in [0.29, 0.717) is 25.9 Å². The van der Waals surface area contributed by atoms with Crippen molar-refractivity contribution in [1.82, 2.24) is 9.80 Å². The lowest BCUT2D eigenvalue weighted by Crippen LogP contribution is -2.45. The highest BCUT2D eigenvalue weighted by molar-refractivity contribution is 5.93. The number of carboxylic acids is 2. The van der Waals surface area contributed by atoms with Gasteiger partial charge in [-0.15, -0.1) is 0 Å². The number of aromatic carboxylic acids is 2. The van der Waals surface area contributed by atoms with Gasteiger partial charge in [-0.2, -0.15) is 0 Å². The van der Waals surface area contributed by atoms with Gasteiger partial charge in [0.1, 0.15) is 12.1 Å². The molecule has 2 atom stereocenters. The van der Waals surface area contributed by atoms with Crippen LogP contribution in [0.25, 0.3) is 0 Å². The Bertz CT molecular complexity index is 912. The largest absolute Gasteiger partial charge is 0.478 e. The summed E-state index contributed by atoms with van der Waals surface area (Å²) in [6.45, 7) is 1.10. The molecule has 36 heavy (non-hydrogen) atoms. The summed E-state index contributed by atoms with van der Waals surface area (Å²) < 4.78 is 0. The number of hydrogen-bond acceptors (Lipinski definition) is 8. The Kier molecular flexibility index (Phi) is 12.0. The average Bonchev–Trinajstić information content (AvgIpc) is 3.54. The van der Waals surface area contributed by atoms with Gasteiger partial charge in [-0.05, 0) is 43.9 Å². The van der Waals surface area contributed by atoms with Crippen LogP contribution in [0.3, 0.4) is 0 Å². The van der Waals surface area contributed by atoms with Crippen molar-refractivity contribution >= 4 is 35.6 Å². The van der Waals surface area contributed by atoms with E-state index in [0.717, 1.165) is 18.9 Å². The van der Waals surface area contributed by atoms with Gasteiger partial charge < -0.3 is 42.9 Å². The Labute approximate surface area is 207 Å². The van der Waals surface area contributed by atoms with Gasteiger partial charge in [-0.1, -0.05) is 6.07 Å². The van der Waals surface area contributed by atoms with Crippen molar-refractivity contribution in [2.75, 3.05) is 26.2 Å². The van der Waals surface area contributed by atoms with Crippen LogP contribution in [0, 0.1) is 0 Å². The molecular formula is C22H32N6O8. The first-order valence-electron chi connectivity index (χ1n) is 11.1. The fourth-order valence-electron chi connectivity index (χ4n) is 3.74. The van der Waals surface area contributed by atoms with Crippen LogP contribution in [0.5, 0.6) is 0 Å². The number of nitrogens with zero attached hydrogens (tertiary/aromatic N) is 2. The van der Waals surface area contributed by atoms with Crippen LogP contribution < -0.4 is 22.9 Å². The maximum absolute atomic E-state index is 11.1. The molecule has 0 radical (unpaired) electrons. The molecular weight excluding hydrogens is 476 g/mol. The van der Waals surface area contributed by atoms with Gasteiger partial charge in [-0.25, -0.2) is 9.59 Å². The zero-order valence-electron chi connectivity index (χ0n) is 19.7. The van der Waals surface area contributed by atoms with Gasteiger partial charge in [0, 0.05) is 13.1 Å². The highest BCUT2D eigenvalue weighted by atomic mass is 16.4. The van der Waals surface area contributed by atoms with Crippen molar-refractivity contribution < 1.29 is 39.0 Å². The maximum Gasteiger partial charge on any atom is 0.335 e. The number of amides is 4. The minimum absolute atomic E-state index is 0.0186. The van der Waals surface area contributed by atoms with E-state index in [4.69, 9.17) is 33.1 Å². The molecule has 0 spiro atoms. The Morgan fingerprint density at radius 2 is 1.11 bits per heavy atom. The Hall–Kier alpha value is -4.04. The molecule has 2 fully saturated rings. The first-order valence-corrected chi connectivity index (χ1v) is 11.1. The van der Waals surface area contributed by atoms with Crippen LogP contribution in [0.15, 0.2) is 24.3 Å². The quantitative estimate of drug-likeness (QED) is 0.244. The smallest absolute Gasteiger partial charge is 0.335 e. The highest BCUT2D eigenvalue weighted by Gasteiger charge is 2.32. The Morgan fingerprint density at radius 3 is 1.39 bits per heavy atom. The average molecular weight is 509 g/mol. The summed E-state index contributed by atoms with van der Waals surface area (Å²) in [6, 6.07) is 4.34. The van der Waals surface area contributed by atoms with Crippen molar-refractivity contribution in [3.63, 3.8) is 0 Å². The van der Waals surface area contributed by atoms with E-state index in [9.17, 15) is 28.8 Å². The summed E-state index contributed by atoms with van der Waals surface area (Å²) in [7, 11) is 0. The zero-order valence-corrected chi connectivity index (χ0v) is 19.7. The molecule has 10 N–H and O–H groups in total. The molecule has 198 valence electrons. The number of rotatable bonds is 6. The van der Waals surface area contributed by atoms with Crippen molar-refractivity contribution in [3.8, 4) is 0 Å². The number of carbonyl (C=O) groups is 6. The highest BCUT2D eigenvalue weighted by Crippen LogP contribution is 2.17. The molecule has 1 aromatic rings. The lowest BCUT2D eigenvalue weighted by atomic mass is 10.1. The van der Waals surface area contributed by atoms with E-state index in [1.807, 2.05) is 0 Å². The molecule has 0 bridgehead atoms. The molecule has 14 heteroatoms. The molecule has 2 heterocycles. The number of primary amides is 2.